The SMILES string of the molecule is COC(=O)c1c(O)c(N)cc(C)c1F. The number of rotatable bonds is 1. The largest absolute Gasteiger partial charge is 0.505 e. The average molecular weight is 199 g/mol. The summed E-state index contributed by atoms with van der Waals surface area (Å²) < 4.78 is 17.7. The number of hydrogen-bond acceptors (Lipinski definition) is 4. The highest BCUT2D eigenvalue weighted by Crippen LogP contribution is 2.30. The molecule has 0 saturated carbocycles. The Labute approximate surface area is 80.1 Å². The van der Waals surface area contributed by atoms with Crippen LogP contribution < -0.4 is 5.73 Å². The van der Waals surface area contributed by atoms with E-state index in [1.807, 2.05) is 0 Å². The van der Waals surface area contributed by atoms with Gasteiger partial charge in [0, 0.05) is 0 Å². The number of esters is 1. The third kappa shape index (κ3) is 1.48. The lowest BCUT2D eigenvalue weighted by Crippen LogP contribution is -2.07. The van der Waals surface area contributed by atoms with Gasteiger partial charge in [0.05, 0.1) is 12.8 Å². The minimum Gasteiger partial charge on any atom is -0.505 e. The highest BCUT2D eigenvalue weighted by Gasteiger charge is 2.21. The summed E-state index contributed by atoms with van der Waals surface area (Å²) in [4.78, 5) is 11.1. The van der Waals surface area contributed by atoms with Crippen molar-refractivity contribution in [3.8, 4) is 5.75 Å². The Morgan fingerprint density at radius 2 is 2.21 bits per heavy atom. The third-order valence-electron chi connectivity index (χ3n) is 1.84. The number of halogens is 1. The van der Waals surface area contributed by atoms with Crippen molar-refractivity contribution in [3.63, 3.8) is 0 Å². The number of aryl methyl sites for hydroxylation is 1. The second-order valence-electron chi connectivity index (χ2n) is 2.81. The lowest BCUT2D eigenvalue weighted by Gasteiger charge is -2.08. The Morgan fingerprint density at radius 1 is 1.64 bits per heavy atom. The van der Waals surface area contributed by atoms with Gasteiger partial charge in [-0.1, -0.05) is 0 Å². The number of phenols is 1. The van der Waals surface area contributed by atoms with E-state index in [-0.39, 0.29) is 11.3 Å². The molecule has 0 aliphatic heterocycles. The molecule has 14 heavy (non-hydrogen) atoms. The fourth-order valence-corrected chi connectivity index (χ4v) is 1.10. The summed E-state index contributed by atoms with van der Waals surface area (Å²) in [5, 5.41) is 9.34. The molecule has 0 atom stereocenters. The van der Waals surface area contributed by atoms with Crippen molar-refractivity contribution in [2.24, 2.45) is 0 Å². The number of methoxy groups -OCH3 is 1. The molecule has 4 nitrogen and oxygen atoms in total. The second kappa shape index (κ2) is 3.53. The molecule has 0 aromatic heterocycles. The van der Waals surface area contributed by atoms with Crippen LogP contribution in [0.5, 0.6) is 5.75 Å². The molecular formula is C9H10FNO3. The number of nitrogens with two attached hydrogens (primary N) is 1. The zero-order valence-electron chi connectivity index (χ0n) is 7.80. The van der Waals surface area contributed by atoms with Crippen LogP contribution in [0.4, 0.5) is 10.1 Å². The van der Waals surface area contributed by atoms with Crippen molar-refractivity contribution in [1.29, 1.82) is 0 Å². The first-order chi connectivity index (χ1) is 6.49. The summed E-state index contributed by atoms with van der Waals surface area (Å²) >= 11 is 0. The predicted octanol–water partition coefficient (Wildman–Crippen LogP) is 1.21. The van der Waals surface area contributed by atoms with Crippen molar-refractivity contribution < 1.29 is 19.0 Å². The molecule has 0 unspecified atom stereocenters. The first kappa shape index (κ1) is 10.3. The van der Waals surface area contributed by atoms with E-state index in [0.29, 0.717) is 0 Å². The van der Waals surface area contributed by atoms with E-state index in [4.69, 9.17) is 5.73 Å². The van der Waals surface area contributed by atoms with Gasteiger partial charge in [-0.3, -0.25) is 0 Å². The lowest BCUT2D eigenvalue weighted by atomic mass is 10.1. The normalized spacial score (nSPS) is 9.93. The van der Waals surface area contributed by atoms with Gasteiger partial charge in [-0.05, 0) is 18.6 Å². The van der Waals surface area contributed by atoms with E-state index in [1.54, 1.807) is 0 Å². The highest BCUT2D eigenvalue weighted by atomic mass is 19.1. The first-order valence-electron chi connectivity index (χ1n) is 3.85. The van der Waals surface area contributed by atoms with Gasteiger partial charge in [-0.15, -0.1) is 0 Å². The molecular weight excluding hydrogens is 189 g/mol. The minimum absolute atomic E-state index is 0.0516. The molecule has 0 aliphatic carbocycles. The molecule has 0 aliphatic rings. The van der Waals surface area contributed by atoms with Crippen LogP contribution >= 0.6 is 0 Å². The topological polar surface area (TPSA) is 72.5 Å². The van der Waals surface area contributed by atoms with Gasteiger partial charge < -0.3 is 15.6 Å². The van der Waals surface area contributed by atoms with E-state index < -0.39 is 23.1 Å². The Balaban J connectivity index is 3.47. The van der Waals surface area contributed by atoms with Crippen LogP contribution in [0.15, 0.2) is 6.07 Å². The van der Waals surface area contributed by atoms with Crippen molar-refractivity contribution >= 4 is 11.7 Å². The Kier molecular flexibility index (Phi) is 2.60. The smallest absolute Gasteiger partial charge is 0.344 e. The summed E-state index contributed by atoms with van der Waals surface area (Å²) in [6, 6.07) is 1.25. The molecule has 0 saturated heterocycles. The van der Waals surface area contributed by atoms with Crippen molar-refractivity contribution in [2.75, 3.05) is 12.8 Å². The molecule has 0 spiro atoms. The van der Waals surface area contributed by atoms with Gasteiger partial charge in [0.15, 0.2) is 5.75 Å². The average Bonchev–Trinajstić information content (AvgIpc) is 2.15. The third-order valence-corrected chi connectivity index (χ3v) is 1.84. The standard InChI is InChI=1S/C9H10FNO3/c1-4-3-5(11)8(12)6(7(4)10)9(13)14-2/h3,12H,11H2,1-2H3. The maximum Gasteiger partial charge on any atom is 0.344 e. The van der Waals surface area contributed by atoms with Crippen LogP contribution in [0.25, 0.3) is 0 Å². The molecule has 0 amide bonds. The Morgan fingerprint density at radius 3 is 2.71 bits per heavy atom. The Hall–Kier alpha value is -1.78. The molecule has 76 valence electrons. The summed E-state index contributed by atoms with van der Waals surface area (Å²) in [7, 11) is 1.10. The van der Waals surface area contributed by atoms with Crippen LogP contribution in [0, 0.1) is 12.7 Å². The van der Waals surface area contributed by atoms with Gasteiger partial charge in [-0.25, -0.2) is 9.18 Å². The van der Waals surface area contributed by atoms with Crippen LogP contribution in [0.2, 0.25) is 0 Å². The first-order valence-corrected chi connectivity index (χ1v) is 3.85. The van der Waals surface area contributed by atoms with Crippen LogP contribution in [0.1, 0.15) is 15.9 Å². The minimum atomic E-state index is -0.949. The number of carbonyl (C=O) groups is 1. The molecule has 0 heterocycles. The molecule has 1 rings (SSSR count). The zero-order valence-corrected chi connectivity index (χ0v) is 7.80. The monoisotopic (exact) mass is 199 g/mol. The van der Waals surface area contributed by atoms with Gasteiger partial charge in [0.2, 0.25) is 0 Å². The van der Waals surface area contributed by atoms with Crippen molar-refractivity contribution in [2.45, 2.75) is 6.92 Å². The van der Waals surface area contributed by atoms with Crippen LogP contribution in [-0.4, -0.2) is 18.2 Å². The molecule has 0 fully saturated rings. The highest BCUT2D eigenvalue weighted by molar-refractivity contribution is 5.95. The molecule has 1 aromatic carbocycles. The van der Waals surface area contributed by atoms with Gasteiger partial charge in [0.1, 0.15) is 11.4 Å². The second-order valence-corrected chi connectivity index (χ2v) is 2.81. The molecule has 0 radical (unpaired) electrons. The Bertz CT molecular complexity index is 364. The van der Waals surface area contributed by atoms with Crippen molar-refractivity contribution in [3.05, 3.63) is 23.0 Å². The summed E-state index contributed by atoms with van der Waals surface area (Å²) in [5.41, 5.74) is 4.96. The van der Waals surface area contributed by atoms with Crippen LogP contribution in [0.3, 0.4) is 0 Å². The maximum absolute atomic E-state index is 13.4. The summed E-state index contributed by atoms with van der Waals surface area (Å²) in [6.45, 7) is 1.44. The fourth-order valence-electron chi connectivity index (χ4n) is 1.10. The maximum atomic E-state index is 13.4. The molecule has 0 bridgehead atoms. The zero-order chi connectivity index (χ0) is 10.9. The number of hydrogen-bond donors (Lipinski definition) is 2. The lowest BCUT2D eigenvalue weighted by molar-refractivity contribution is 0.0592. The van der Waals surface area contributed by atoms with Gasteiger partial charge in [-0.2, -0.15) is 0 Å². The van der Waals surface area contributed by atoms with Crippen molar-refractivity contribution in [1.82, 2.24) is 0 Å². The number of ether oxygens (including phenoxy) is 1. The molecule has 3 N–H and O–H groups in total. The molecule has 1 aromatic rings. The molecule has 5 heteroatoms. The predicted molar refractivity (Wildman–Crippen MR) is 48.6 cm³/mol. The quantitative estimate of drug-likeness (QED) is 0.405. The van der Waals surface area contributed by atoms with E-state index in [9.17, 15) is 14.3 Å². The van der Waals surface area contributed by atoms with E-state index in [1.165, 1.54) is 13.0 Å². The van der Waals surface area contributed by atoms with E-state index in [2.05, 4.69) is 4.74 Å². The number of carbonyl (C=O) groups excluding carboxylic acids is 1. The summed E-state index contributed by atoms with van der Waals surface area (Å²) in [5.74, 6) is -2.35. The number of aromatic hydroxyl groups is 1. The number of nitrogen functional groups attached to an aromatic ring is 1. The number of anilines is 1. The summed E-state index contributed by atoms with van der Waals surface area (Å²) in [6.07, 6.45) is 0. The van der Waals surface area contributed by atoms with Gasteiger partial charge in [0.25, 0.3) is 0 Å². The van der Waals surface area contributed by atoms with Gasteiger partial charge >= 0.3 is 5.97 Å². The number of benzene rings is 1. The van der Waals surface area contributed by atoms with Crippen LogP contribution in [-0.2, 0) is 4.74 Å². The van der Waals surface area contributed by atoms with E-state index >= 15 is 0 Å². The fraction of sp³-hybridized carbons (Fsp3) is 0.222. The van der Waals surface area contributed by atoms with E-state index in [0.717, 1.165) is 7.11 Å². The number of phenolic OH excluding ortho intramolecular Hbond substituents is 1.